The first kappa shape index (κ1) is 10.5. The third kappa shape index (κ3) is 1.67. The van der Waals surface area contributed by atoms with E-state index in [0.29, 0.717) is 0 Å². The smallest absolute Gasteiger partial charge is 0.144 e. The molecule has 0 aliphatic rings. The largest absolute Gasteiger partial charge is 0.301 e. The molecule has 84 valence electrons. The van der Waals surface area contributed by atoms with Gasteiger partial charge in [-0.2, -0.15) is 0 Å². The van der Waals surface area contributed by atoms with Crippen molar-refractivity contribution in [3.63, 3.8) is 0 Å². The maximum Gasteiger partial charge on any atom is 0.144 e. The number of fused-ring (bicyclic) bond motifs is 1. The van der Waals surface area contributed by atoms with Crippen molar-refractivity contribution in [3.05, 3.63) is 58.8 Å². The van der Waals surface area contributed by atoms with Crippen LogP contribution in [-0.2, 0) is 0 Å². The van der Waals surface area contributed by atoms with Crippen LogP contribution in [0.2, 0.25) is 0 Å². The summed E-state index contributed by atoms with van der Waals surface area (Å²) in [6, 6.07) is 12.4. The molecular weight excluding hydrogens is 276 g/mol. The Bertz CT molecular complexity index is 671. The molecule has 0 unspecified atom stereocenters. The number of halogens is 1. The molecule has 0 fully saturated rings. The second kappa shape index (κ2) is 4.00. The van der Waals surface area contributed by atoms with E-state index in [2.05, 4.69) is 56.8 Å². The molecule has 2 heterocycles. The molecule has 3 aromatic rings. The van der Waals surface area contributed by atoms with Crippen LogP contribution >= 0.6 is 15.9 Å². The van der Waals surface area contributed by atoms with Crippen molar-refractivity contribution in [2.24, 2.45) is 0 Å². The topological polar surface area (TPSA) is 17.8 Å². The summed E-state index contributed by atoms with van der Waals surface area (Å²) in [5, 5.41) is 1.18. The zero-order valence-electron chi connectivity index (χ0n) is 9.39. The molecule has 0 amide bonds. The van der Waals surface area contributed by atoms with E-state index in [4.69, 9.17) is 0 Å². The van der Waals surface area contributed by atoms with Crippen molar-refractivity contribution < 1.29 is 0 Å². The minimum atomic E-state index is 0.997. The Morgan fingerprint density at radius 3 is 2.65 bits per heavy atom. The molecule has 3 heteroatoms. The van der Waals surface area contributed by atoms with Crippen LogP contribution in [0.3, 0.4) is 0 Å². The van der Waals surface area contributed by atoms with Gasteiger partial charge in [0.05, 0.1) is 0 Å². The van der Waals surface area contributed by atoms with E-state index < -0.39 is 0 Å². The highest BCUT2D eigenvalue weighted by molar-refractivity contribution is 9.10. The second-order valence-electron chi connectivity index (χ2n) is 3.99. The van der Waals surface area contributed by atoms with Gasteiger partial charge in [0.25, 0.3) is 0 Å². The lowest BCUT2D eigenvalue weighted by molar-refractivity contribution is 1.09. The van der Waals surface area contributed by atoms with E-state index in [9.17, 15) is 0 Å². The van der Waals surface area contributed by atoms with Crippen LogP contribution in [0, 0.1) is 6.92 Å². The number of rotatable bonds is 1. The summed E-state index contributed by atoms with van der Waals surface area (Å²) in [4.78, 5) is 4.49. The molecule has 2 aromatic heterocycles. The lowest BCUT2D eigenvalue weighted by Crippen LogP contribution is -1.93. The maximum absolute atomic E-state index is 4.49. The Hall–Kier alpha value is -1.61. The number of hydrogen-bond acceptors (Lipinski definition) is 1. The Kier molecular flexibility index (Phi) is 2.48. The van der Waals surface area contributed by atoms with Crippen molar-refractivity contribution >= 4 is 27.0 Å². The van der Waals surface area contributed by atoms with Gasteiger partial charge in [0.1, 0.15) is 5.65 Å². The number of aromatic nitrogens is 2. The fourth-order valence-corrected chi connectivity index (χ4v) is 2.30. The summed E-state index contributed by atoms with van der Waals surface area (Å²) < 4.78 is 3.16. The van der Waals surface area contributed by atoms with Crippen LogP contribution in [0.25, 0.3) is 16.7 Å². The number of hydrogen-bond donors (Lipinski definition) is 0. The first-order valence-electron chi connectivity index (χ1n) is 5.45. The fourth-order valence-electron chi connectivity index (χ4n) is 1.99. The monoisotopic (exact) mass is 286 g/mol. The van der Waals surface area contributed by atoms with Gasteiger partial charge in [0, 0.05) is 27.9 Å². The zero-order chi connectivity index (χ0) is 11.8. The predicted molar refractivity (Wildman–Crippen MR) is 73.5 cm³/mol. The number of pyridine rings is 1. The van der Waals surface area contributed by atoms with Gasteiger partial charge >= 0.3 is 0 Å². The highest BCUT2D eigenvalue weighted by atomic mass is 79.9. The van der Waals surface area contributed by atoms with Crippen LogP contribution in [0.1, 0.15) is 5.56 Å². The highest BCUT2D eigenvalue weighted by Crippen LogP contribution is 2.26. The molecule has 0 atom stereocenters. The minimum absolute atomic E-state index is 0.997. The first-order valence-corrected chi connectivity index (χ1v) is 6.24. The molecule has 0 N–H and O–H groups in total. The Morgan fingerprint density at radius 1 is 1.12 bits per heavy atom. The molecule has 17 heavy (non-hydrogen) atoms. The maximum atomic E-state index is 4.49. The summed E-state index contributed by atoms with van der Waals surface area (Å²) in [7, 11) is 0. The predicted octanol–water partition coefficient (Wildman–Crippen LogP) is 4.10. The fraction of sp³-hybridized carbons (Fsp3) is 0.0714. The second-order valence-corrected chi connectivity index (χ2v) is 4.84. The van der Waals surface area contributed by atoms with Crippen molar-refractivity contribution in [2.75, 3.05) is 0 Å². The van der Waals surface area contributed by atoms with Crippen LogP contribution in [0.15, 0.2) is 53.3 Å². The van der Waals surface area contributed by atoms with Gasteiger partial charge in [-0.3, -0.25) is 0 Å². The van der Waals surface area contributed by atoms with Gasteiger partial charge < -0.3 is 4.57 Å². The number of nitrogens with zero attached hydrogens (tertiary/aromatic N) is 2. The van der Waals surface area contributed by atoms with Gasteiger partial charge in [0.15, 0.2) is 0 Å². The average Bonchev–Trinajstić information content (AvgIpc) is 2.79. The first-order chi connectivity index (χ1) is 8.27. The van der Waals surface area contributed by atoms with Gasteiger partial charge in [-0.05, 0) is 46.6 Å². The Balaban J connectivity index is 2.30. The number of para-hydroxylation sites is 1. The van der Waals surface area contributed by atoms with Gasteiger partial charge in [-0.1, -0.05) is 18.2 Å². The Labute approximate surface area is 108 Å². The van der Waals surface area contributed by atoms with Crippen molar-refractivity contribution in [2.45, 2.75) is 6.92 Å². The molecule has 0 aliphatic carbocycles. The average molecular weight is 287 g/mol. The van der Waals surface area contributed by atoms with Crippen LogP contribution in [0.5, 0.6) is 0 Å². The van der Waals surface area contributed by atoms with Crippen molar-refractivity contribution in [3.8, 4) is 5.69 Å². The third-order valence-electron chi connectivity index (χ3n) is 2.96. The molecule has 0 spiro atoms. The molecular formula is C14H11BrN2. The lowest BCUT2D eigenvalue weighted by Gasteiger charge is -2.05. The minimum Gasteiger partial charge on any atom is -0.301 e. The van der Waals surface area contributed by atoms with E-state index in [1.54, 1.807) is 0 Å². The Morgan fingerprint density at radius 2 is 1.88 bits per heavy atom. The molecule has 2 nitrogen and oxygen atoms in total. The van der Waals surface area contributed by atoms with Crippen LogP contribution in [0.4, 0.5) is 0 Å². The SMILES string of the molecule is Cc1c(Br)cnc2c1ccn2-c1ccccc1. The van der Waals surface area contributed by atoms with E-state index in [-0.39, 0.29) is 0 Å². The van der Waals surface area contributed by atoms with E-state index in [1.165, 1.54) is 10.9 Å². The van der Waals surface area contributed by atoms with Gasteiger partial charge in [0.2, 0.25) is 0 Å². The number of benzene rings is 1. The third-order valence-corrected chi connectivity index (χ3v) is 3.76. The molecule has 1 aromatic carbocycles. The summed E-state index contributed by atoms with van der Waals surface area (Å²) >= 11 is 3.51. The number of aryl methyl sites for hydroxylation is 1. The molecule has 0 aliphatic heterocycles. The summed E-state index contributed by atoms with van der Waals surface area (Å²) in [5.41, 5.74) is 3.36. The molecule has 0 saturated carbocycles. The zero-order valence-corrected chi connectivity index (χ0v) is 11.0. The van der Waals surface area contributed by atoms with E-state index in [0.717, 1.165) is 15.8 Å². The summed E-state index contributed by atoms with van der Waals surface area (Å²) in [6.45, 7) is 2.10. The molecule has 0 radical (unpaired) electrons. The highest BCUT2D eigenvalue weighted by Gasteiger charge is 2.08. The van der Waals surface area contributed by atoms with Gasteiger partial charge in [-0.25, -0.2) is 4.98 Å². The standard InChI is InChI=1S/C14H11BrN2/c1-10-12-7-8-17(11-5-3-2-4-6-11)14(12)16-9-13(10)15/h2-9H,1H3. The van der Waals surface area contributed by atoms with Gasteiger partial charge in [-0.15, -0.1) is 0 Å². The molecule has 0 bridgehead atoms. The molecule has 3 rings (SSSR count). The normalized spacial score (nSPS) is 10.9. The van der Waals surface area contributed by atoms with Crippen LogP contribution < -0.4 is 0 Å². The lowest BCUT2D eigenvalue weighted by atomic mass is 10.2. The summed E-state index contributed by atoms with van der Waals surface area (Å²) in [6.07, 6.45) is 3.92. The van der Waals surface area contributed by atoms with Crippen molar-refractivity contribution in [1.29, 1.82) is 0 Å². The summed E-state index contributed by atoms with van der Waals surface area (Å²) in [5.74, 6) is 0. The van der Waals surface area contributed by atoms with Crippen LogP contribution in [-0.4, -0.2) is 9.55 Å². The quantitative estimate of drug-likeness (QED) is 0.659. The van der Waals surface area contributed by atoms with E-state index in [1.807, 2.05) is 24.4 Å². The van der Waals surface area contributed by atoms with E-state index >= 15 is 0 Å². The molecule has 0 saturated heterocycles. The van der Waals surface area contributed by atoms with Crippen molar-refractivity contribution in [1.82, 2.24) is 9.55 Å².